The third-order valence-corrected chi connectivity index (χ3v) is 4.36. The van der Waals surface area contributed by atoms with Crippen LogP contribution >= 0.6 is 0 Å². The highest BCUT2D eigenvalue weighted by Crippen LogP contribution is 2.24. The van der Waals surface area contributed by atoms with E-state index in [-0.39, 0.29) is 6.04 Å². The van der Waals surface area contributed by atoms with E-state index in [4.69, 9.17) is 0 Å². The molecule has 4 heteroatoms. The lowest BCUT2D eigenvalue weighted by molar-refractivity contribution is -0.123. The molecule has 0 saturated carbocycles. The van der Waals surface area contributed by atoms with Crippen LogP contribution in [0.5, 0.6) is 0 Å². The highest BCUT2D eigenvalue weighted by molar-refractivity contribution is 5.47. The summed E-state index contributed by atoms with van der Waals surface area (Å²) in [6.45, 7) is 3.13. The SMILES string of the molecule is O=CN1CC[C@H](N2CCc3ccccc3C2)[C@@H](O)C1. The lowest BCUT2D eigenvalue weighted by atomic mass is 9.94. The smallest absolute Gasteiger partial charge is 0.209 e. The molecule has 1 aromatic carbocycles. The molecular formula is C15H20N2O2. The van der Waals surface area contributed by atoms with Crippen molar-refractivity contribution < 1.29 is 9.90 Å². The first-order valence-electron chi connectivity index (χ1n) is 6.96. The number of aliphatic hydroxyl groups excluding tert-OH is 1. The Bertz CT molecular complexity index is 463. The van der Waals surface area contributed by atoms with Gasteiger partial charge in [0.15, 0.2) is 0 Å². The fourth-order valence-corrected chi connectivity index (χ4v) is 3.27. The number of nitrogens with zero attached hydrogens (tertiary/aromatic N) is 2. The first kappa shape index (κ1) is 12.6. The Morgan fingerprint density at radius 3 is 2.74 bits per heavy atom. The minimum atomic E-state index is -0.427. The fraction of sp³-hybridized carbons (Fsp3) is 0.533. The highest BCUT2D eigenvalue weighted by Gasteiger charge is 2.33. The van der Waals surface area contributed by atoms with Gasteiger partial charge < -0.3 is 10.0 Å². The van der Waals surface area contributed by atoms with Crippen LogP contribution in [0.25, 0.3) is 0 Å². The van der Waals surface area contributed by atoms with Gasteiger partial charge in [0.05, 0.1) is 6.10 Å². The summed E-state index contributed by atoms with van der Waals surface area (Å²) in [6, 6.07) is 8.72. The summed E-state index contributed by atoms with van der Waals surface area (Å²) in [7, 11) is 0. The molecule has 102 valence electrons. The van der Waals surface area contributed by atoms with Gasteiger partial charge in [-0.05, 0) is 24.0 Å². The number of β-amino-alcohol motifs (C(OH)–C–C–N with tert-alkyl or cyclic N) is 1. The number of carbonyl (C=O) groups is 1. The minimum Gasteiger partial charge on any atom is -0.390 e. The van der Waals surface area contributed by atoms with Gasteiger partial charge in [0, 0.05) is 32.2 Å². The molecule has 0 bridgehead atoms. The van der Waals surface area contributed by atoms with Gasteiger partial charge in [-0.2, -0.15) is 0 Å². The Balaban J connectivity index is 1.70. The van der Waals surface area contributed by atoms with Gasteiger partial charge >= 0.3 is 0 Å². The van der Waals surface area contributed by atoms with E-state index >= 15 is 0 Å². The second kappa shape index (κ2) is 5.31. The summed E-state index contributed by atoms with van der Waals surface area (Å²) in [6.07, 6.45) is 2.33. The number of hydrogen-bond acceptors (Lipinski definition) is 3. The lowest BCUT2D eigenvalue weighted by Crippen LogP contribution is -2.54. The fourth-order valence-electron chi connectivity index (χ4n) is 3.27. The van der Waals surface area contributed by atoms with E-state index in [9.17, 15) is 9.90 Å². The summed E-state index contributed by atoms with van der Waals surface area (Å²) in [4.78, 5) is 14.8. The zero-order chi connectivity index (χ0) is 13.2. The molecule has 1 saturated heterocycles. The van der Waals surface area contributed by atoms with Crippen LogP contribution in [0.2, 0.25) is 0 Å². The van der Waals surface area contributed by atoms with E-state index in [0.29, 0.717) is 6.54 Å². The van der Waals surface area contributed by atoms with Gasteiger partial charge in [-0.1, -0.05) is 24.3 Å². The van der Waals surface area contributed by atoms with E-state index in [1.54, 1.807) is 4.90 Å². The molecule has 3 rings (SSSR count). The maximum absolute atomic E-state index is 10.8. The van der Waals surface area contributed by atoms with Crippen LogP contribution in [0.15, 0.2) is 24.3 Å². The van der Waals surface area contributed by atoms with E-state index in [0.717, 1.165) is 38.9 Å². The van der Waals surface area contributed by atoms with Gasteiger partial charge in [-0.3, -0.25) is 9.69 Å². The van der Waals surface area contributed by atoms with E-state index in [1.165, 1.54) is 11.1 Å². The van der Waals surface area contributed by atoms with Gasteiger partial charge in [-0.15, -0.1) is 0 Å². The number of hydrogen-bond donors (Lipinski definition) is 1. The molecule has 2 atom stereocenters. The molecule has 1 N–H and O–H groups in total. The van der Waals surface area contributed by atoms with Gasteiger partial charge in [0.1, 0.15) is 0 Å². The number of likely N-dealkylation sites (tertiary alicyclic amines) is 1. The number of aliphatic hydroxyl groups is 1. The van der Waals surface area contributed by atoms with Crippen LogP contribution < -0.4 is 0 Å². The number of piperidine rings is 1. The average molecular weight is 260 g/mol. The first-order valence-corrected chi connectivity index (χ1v) is 6.96. The molecule has 2 heterocycles. The van der Waals surface area contributed by atoms with Crippen molar-refractivity contribution in [1.82, 2.24) is 9.80 Å². The second-order valence-corrected chi connectivity index (χ2v) is 5.51. The monoisotopic (exact) mass is 260 g/mol. The molecule has 1 amide bonds. The van der Waals surface area contributed by atoms with Crippen LogP contribution in [0, 0.1) is 0 Å². The van der Waals surface area contributed by atoms with Crippen LogP contribution in [-0.4, -0.2) is 53.1 Å². The number of benzene rings is 1. The Labute approximate surface area is 113 Å². The van der Waals surface area contributed by atoms with Crippen molar-refractivity contribution in [3.63, 3.8) is 0 Å². The Hall–Kier alpha value is -1.39. The van der Waals surface area contributed by atoms with E-state index in [1.807, 2.05) is 0 Å². The van der Waals surface area contributed by atoms with Crippen molar-refractivity contribution in [3.05, 3.63) is 35.4 Å². The van der Waals surface area contributed by atoms with E-state index in [2.05, 4.69) is 29.2 Å². The minimum absolute atomic E-state index is 0.185. The predicted molar refractivity (Wildman–Crippen MR) is 72.6 cm³/mol. The van der Waals surface area contributed by atoms with Gasteiger partial charge in [0.2, 0.25) is 6.41 Å². The van der Waals surface area contributed by atoms with Crippen molar-refractivity contribution >= 4 is 6.41 Å². The summed E-state index contributed by atoms with van der Waals surface area (Å²) in [5.41, 5.74) is 2.80. The summed E-state index contributed by atoms with van der Waals surface area (Å²) < 4.78 is 0. The zero-order valence-corrected chi connectivity index (χ0v) is 11.0. The van der Waals surface area contributed by atoms with Gasteiger partial charge in [-0.25, -0.2) is 0 Å². The second-order valence-electron chi connectivity index (χ2n) is 5.51. The number of rotatable bonds is 2. The van der Waals surface area contributed by atoms with Crippen LogP contribution in [0.1, 0.15) is 17.5 Å². The Morgan fingerprint density at radius 2 is 2.00 bits per heavy atom. The third kappa shape index (κ3) is 2.51. The molecule has 1 fully saturated rings. The molecule has 0 aliphatic carbocycles. The average Bonchev–Trinajstić information content (AvgIpc) is 2.46. The van der Waals surface area contributed by atoms with Gasteiger partial charge in [0.25, 0.3) is 0 Å². The van der Waals surface area contributed by atoms with Crippen LogP contribution in [0.4, 0.5) is 0 Å². The summed E-state index contributed by atoms with van der Waals surface area (Å²) in [5, 5.41) is 10.2. The zero-order valence-electron chi connectivity index (χ0n) is 11.0. The Morgan fingerprint density at radius 1 is 1.21 bits per heavy atom. The molecule has 0 aromatic heterocycles. The van der Waals surface area contributed by atoms with E-state index < -0.39 is 6.10 Å². The summed E-state index contributed by atoms with van der Waals surface area (Å²) in [5.74, 6) is 0. The standard InChI is InChI=1S/C15H20N2O2/c18-11-16-7-6-14(15(19)10-16)17-8-5-12-3-1-2-4-13(12)9-17/h1-4,11,14-15,19H,5-10H2/t14-,15-/m0/s1. The molecule has 1 aromatic rings. The number of amides is 1. The Kier molecular flexibility index (Phi) is 3.53. The first-order chi connectivity index (χ1) is 9.28. The molecule has 0 spiro atoms. The maximum Gasteiger partial charge on any atom is 0.209 e. The topological polar surface area (TPSA) is 43.8 Å². The van der Waals surface area contributed by atoms with Crippen molar-refractivity contribution in [1.29, 1.82) is 0 Å². The predicted octanol–water partition coefficient (Wildman–Crippen LogP) is 0.636. The molecule has 2 aliphatic heterocycles. The van der Waals surface area contributed by atoms with Crippen molar-refractivity contribution in [3.8, 4) is 0 Å². The highest BCUT2D eigenvalue weighted by atomic mass is 16.3. The molecule has 0 unspecified atom stereocenters. The van der Waals surface area contributed by atoms with Crippen LogP contribution in [0.3, 0.4) is 0 Å². The number of fused-ring (bicyclic) bond motifs is 1. The molecule has 4 nitrogen and oxygen atoms in total. The molecule has 2 aliphatic rings. The normalized spacial score (nSPS) is 27.9. The largest absolute Gasteiger partial charge is 0.390 e. The molecule has 0 radical (unpaired) electrons. The molecule has 19 heavy (non-hydrogen) atoms. The van der Waals surface area contributed by atoms with Crippen LogP contribution in [-0.2, 0) is 17.8 Å². The molecular weight excluding hydrogens is 240 g/mol. The maximum atomic E-state index is 10.8. The van der Waals surface area contributed by atoms with Crippen molar-refractivity contribution in [2.24, 2.45) is 0 Å². The lowest BCUT2D eigenvalue weighted by Gasteiger charge is -2.42. The van der Waals surface area contributed by atoms with Crippen molar-refractivity contribution in [2.75, 3.05) is 19.6 Å². The third-order valence-electron chi connectivity index (χ3n) is 4.36. The van der Waals surface area contributed by atoms with Crippen molar-refractivity contribution in [2.45, 2.75) is 31.5 Å². The number of carbonyl (C=O) groups excluding carboxylic acids is 1. The summed E-state index contributed by atoms with van der Waals surface area (Å²) >= 11 is 0. The quantitative estimate of drug-likeness (QED) is 0.794.